The first-order chi connectivity index (χ1) is 14.0. The summed E-state index contributed by atoms with van der Waals surface area (Å²) in [6, 6.07) is 15.4. The van der Waals surface area contributed by atoms with E-state index < -0.39 is 19.2 Å². The molecule has 0 atom stereocenters. The molecule has 0 radical (unpaired) electrons. The van der Waals surface area contributed by atoms with Crippen LogP contribution >= 0.6 is 0 Å². The Morgan fingerprint density at radius 1 is 0.966 bits per heavy atom. The summed E-state index contributed by atoms with van der Waals surface area (Å²) < 4.78 is 33.8. The van der Waals surface area contributed by atoms with Gasteiger partial charge in [0.25, 0.3) is 5.91 Å². The quantitative estimate of drug-likeness (QED) is 0.665. The molecule has 8 heteroatoms. The number of carbonyl (C=O) groups is 2. The van der Waals surface area contributed by atoms with Crippen molar-refractivity contribution in [1.82, 2.24) is 9.80 Å². The number of piperazine rings is 1. The maximum absolute atomic E-state index is 12.3. The van der Waals surface area contributed by atoms with Crippen molar-refractivity contribution < 1.29 is 27.8 Å². The lowest BCUT2D eigenvalue weighted by Gasteiger charge is -2.34. The molecule has 1 fully saturated rings. The van der Waals surface area contributed by atoms with Crippen molar-refractivity contribution in [3.05, 3.63) is 65.7 Å². The van der Waals surface area contributed by atoms with E-state index in [1.807, 2.05) is 18.2 Å². The molecular formula is C21H22F2N2O4. The Hall–Kier alpha value is -3.00. The second-order valence-electron chi connectivity index (χ2n) is 6.63. The molecule has 6 nitrogen and oxygen atoms in total. The average molecular weight is 404 g/mol. The fraction of sp³-hybridized carbons (Fsp3) is 0.333. The van der Waals surface area contributed by atoms with Gasteiger partial charge in [-0.05, 0) is 23.8 Å². The van der Waals surface area contributed by atoms with E-state index in [1.165, 1.54) is 23.8 Å². The number of esters is 1. The zero-order chi connectivity index (χ0) is 20.6. The van der Waals surface area contributed by atoms with Crippen LogP contribution in [0.2, 0.25) is 0 Å². The predicted molar refractivity (Wildman–Crippen MR) is 102 cm³/mol. The largest absolute Gasteiger partial charge is 0.452 e. The van der Waals surface area contributed by atoms with Crippen molar-refractivity contribution in [2.24, 2.45) is 0 Å². The molecule has 154 valence electrons. The van der Waals surface area contributed by atoms with E-state index in [0.717, 1.165) is 25.7 Å². The summed E-state index contributed by atoms with van der Waals surface area (Å²) in [5, 5.41) is 0. The van der Waals surface area contributed by atoms with Gasteiger partial charge in [0, 0.05) is 32.7 Å². The number of benzene rings is 2. The number of hydrogen-bond acceptors (Lipinski definition) is 5. The molecule has 1 amide bonds. The number of amides is 1. The van der Waals surface area contributed by atoms with E-state index in [0.29, 0.717) is 13.1 Å². The monoisotopic (exact) mass is 404 g/mol. The van der Waals surface area contributed by atoms with E-state index in [4.69, 9.17) is 4.74 Å². The predicted octanol–water partition coefficient (Wildman–Crippen LogP) is 2.79. The van der Waals surface area contributed by atoms with E-state index in [9.17, 15) is 18.4 Å². The minimum absolute atomic E-state index is 0.0450. The Balaban J connectivity index is 1.43. The number of nitrogens with zero attached hydrogens (tertiary/aromatic N) is 2. The fourth-order valence-electron chi connectivity index (χ4n) is 3.10. The van der Waals surface area contributed by atoms with Crippen LogP contribution in [-0.4, -0.2) is 61.1 Å². The lowest BCUT2D eigenvalue weighted by Crippen LogP contribution is -2.49. The van der Waals surface area contributed by atoms with Crippen LogP contribution in [0.5, 0.6) is 5.75 Å². The van der Waals surface area contributed by atoms with Crippen LogP contribution < -0.4 is 4.74 Å². The minimum atomic E-state index is -2.98. The third-order valence-electron chi connectivity index (χ3n) is 4.60. The van der Waals surface area contributed by atoms with Gasteiger partial charge in [-0.25, -0.2) is 4.79 Å². The molecule has 0 bridgehead atoms. The van der Waals surface area contributed by atoms with Crippen molar-refractivity contribution in [3.8, 4) is 5.75 Å². The molecule has 29 heavy (non-hydrogen) atoms. The van der Waals surface area contributed by atoms with Crippen molar-refractivity contribution in [2.75, 3.05) is 32.8 Å². The Morgan fingerprint density at radius 2 is 1.69 bits per heavy atom. The zero-order valence-electron chi connectivity index (χ0n) is 15.8. The summed E-state index contributed by atoms with van der Waals surface area (Å²) in [6.07, 6.45) is 0. The van der Waals surface area contributed by atoms with Gasteiger partial charge >= 0.3 is 12.6 Å². The average Bonchev–Trinajstić information content (AvgIpc) is 2.73. The van der Waals surface area contributed by atoms with Crippen LogP contribution in [0.3, 0.4) is 0 Å². The molecule has 1 heterocycles. The first-order valence-electron chi connectivity index (χ1n) is 9.27. The van der Waals surface area contributed by atoms with Gasteiger partial charge in [0.1, 0.15) is 5.75 Å². The second kappa shape index (κ2) is 9.97. The first kappa shape index (κ1) is 20.7. The highest BCUT2D eigenvalue weighted by Crippen LogP contribution is 2.17. The molecule has 2 aromatic rings. The first-order valence-corrected chi connectivity index (χ1v) is 9.27. The molecule has 0 N–H and O–H groups in total. The summed E-state index contributed by atoms with van der Waals surface area (Å²) in [5.74, 6) is -1.19. The molecule has 2 aromatic carbocycles. The molecule has 0 aliphatic carbocycles. The summed E-state index contributed by atoms with van der Waals surface area (Å²) in [5.41, 5.74) is 1.27. The number of halogens is 2. The van der Waals surface area contributed by atoms with Gasteiger partial charge in [0.2, 0.25) is 0 Å². The Bertz CT molecular complexity index is 824. The third kappa shape index (κ3) is 6.25. The van der Waals surface area contributed by atoms with Crippen LogP contribution in [0, 0.1) is 0 Å². The summed E-state index contributed by atoms with van der Waals surface area (Å²) in [4.78, 5) is 28.3. The van der Waals surface area contributed by atoms with Crippen molar-refractivity contribution >= 4 is 11.9 Å². The summed E-state index contributed by atoms with van der Waals surface area (Å²) in [6.45, 7) is 0.0422. The van der Waals surface area contributed by atoms with Crippen LogP contribution in [0.4, 0.5) is 8.78 Å². The standard InChI is InChI=1S/C21H22F2N2O4/c22-21(23)29-18-8-4-7-17(13-18)20(27)28-15-19(26)25-11-9-24(10-12-25)14-16-5-2-1-3-6-16/h1-8,13,21H,9-12,14-15H2. The molecular weight excluding hydrogens is 382 g/mol. The van der Waals surface area contributed by atoms with Crippen LogP contribution in [0.1, 0.15) is 15.9 Å². The van der Waals surface area contributed by atoms with Gasteiger partial charge in [0.05, 0.1) is 5.56 Å². The molecule has 0 saturated carbocycles. The number of rotatable bonds is 7. The number of ether oxygens (including phenoxy) is 2. The van der Waals surface area contributed by atoms with E-state index in [-0.39, 0.29) is 17.2 Å². The number of hydrogen-bond donors (Lipinski definition) is 0. The minimum Gasteiger partial charge on any atom is -0.452 e. The highest BCUT2D eigenvalue weighted by molar-refractivity contribution is 5.91. The third-order valence-corrected chi connectivity index (χ3v) is 4.60. The van der Waals surface area contributed by atoms with Gasteiger partial charge in [-0.2, -0.15) is 8.78 Å². The zero-order valence-corrected chi connectivity index (χ0v) is 15.8. The highest BCUT2D eigenvalue weighted by Gasteiger charge is 2.22. The van der Waals surface area contributed by atoms with Gasteiger partial charge in [0.15, 0.2) is 6.61 Å². The Labute approximate surface area is 167 Å². The smallest absolute Gasteiger partial charge is 0.387 e. The number of carbonyl (C=O) groups excluding carboxylic acids is 2. The van der Waals surface area contributed by atoms with Gasteiger partial charge in [-0.3, -0.25) is 9.69 Å². The van der Waals surface area contributed by atoms with Crippen molar-refractivity contribution in [2.45, 2.75) is 13.2 Å². The molecule has 1 saturated heterocycles. The Morgan fingerprint density at radius 3 is 2.38 bits per heavy atom. The second-order valence-corrected chi connectivity index (χ2v) is 6.63. The van der Waals surface area contributed by atoms with Gasteiger partial charge in [-0.15, -0.1) is 0 Å². The topological polar surface area (TPSA) is 59.1 Å². The molecule has 0 spiro atoms. The molecule has 0 unspecified atom stereocenters. The molecule has 0 aromatic heterocycles. The van der Waals surface area contributed by atoms with Crippen molar-refractivity contribution in [1.29, 1.82) is 0 Å². The molecule has 1 aliphatic rings. The SMILES string of the molecule is O=C(OCC(=O)N1CCN(Cc2ccccc2)CC1)c1cccc(OC(F)F)c1. The molecule has 1 aliphatic heterocycles. The maximum Gasteiger partial charge on any atom is 0.387 e. The van der Waals surface area contributed by atoms with Crippen LogP contribution in [0.25, 0.3) is 0 Å². The lowest BCUT2D eigenvalue weighted by molar-refractivity contribution is -0.136. The van der Waals surface area contributed by atoms with E-state index in [1.54, 1.807) is 4.90 Å². The lowest BCUT2D eigenvalue weighted by atomic mass is 10.2. The normalized spacial score (nSPS) is 14.7. The summed E-state index contributed by atoms with van der Waals surface area (Å²) in [7, 11) is 0. The van der Waals surface area contributed by atoms with E-state index in [2.05, 4.69) is 21.8 Å². The van der Waals surface area contributed by atoms with Gasteiger partial charge < -0.3 is 14.4 Å². The fourth-order valence-corrected chi connectivity index (χ4v) is 3.10. The number of alkyl halides is 2. The molecule has 3 rings (SSSR count). The maximum atomic E-state index is 12.3. The highest BCUT2D eigenvalue weighted by atomic mass is 19.3. The Kier molecular flexibility index (Phi) is 7.13. The van der Waals surface area contributed by atoms with E-state index >= 15 is 0 Å². The summed E-state index contributed by atoms with van der Waals surface area (Å²) >= 11 is 0. The van der Waals surface area contributed by atoms with Crippen molar-refractivity contribution in [3.63, 3.8) is 0 Å². The van der Waals surface area contributed by atoms with Gasteiger partial charge in [-0.1, -0.05) is 36.4 Å². The van der Waals surface area contributed by atoms with Crippen LogP contribution in [0.15, 0.2) is 54.6 Å². The van der Waals surface area contributed by atoms with Crippen LogP contribution in [-0.2, 0) is 16.1 Å².